The van der Waals surface area contributed by atoms with E-state index in [9.17, 15) is 8.42 Å². The number of fused-ring (bicyclic) bond motifs is 1. The number of anilines is 2. The highest BCUT2D eigenvalue weighted by Gasteiger charge is 2.21. The van der Waals surface area contributed by atoms with Gasteiger partial charge in [-0.25, -0.2) is 18.4 Å². The van der Waals surface area contributed by atoms with Gasteiger partial charge in [-0.2, -0.15) is 0 Å². The molecule has 28 heavy (non-hydrogen) atoms. The highest BCUT2D eigenvalue weighted by molar-refractivity contribution is 7.92. The second-order valence-corrected chi connectivity index (χ2v) is 8.61. The average Bonchev–Trinajstić information content (AvgIpc) is 3.20. The Balaban J connectivity index is 1.68. The van der Waals surface area contributed by atoms with Crippen molar-refractivity contribution < 1.29 is 13.2 Å². The van der Waals surface area contributed by atoms with Gasteiger partial charge in [-0.15, -0.1) is 0 Å². The molecule has 0 aliphatic carbocycles. The van der Waals surface area contributed by atoms with E-state index in [2.05, 4.69) is 20.0 Å². The molecular formula is C19H19ClN4O3S. The van der Waals surface area contributed by atoms with Crippen LogP contribution >= 0.6 is 11.6 Å². The maximum Gasteiger partial charge on any atom is 0.263 e. The van der Waals surface area contributed by atoms with E-state index in [0.29, 0.717) is 28.4 Å². The molecule has 1 aliphatic heterocycles. The highest BCUT2D eigenvalue weighted by Crippen LogP contribution is 2.25. The topological polar surface area (TPSA) is 93.2 Å². The summed E-state index contributed by atoms with van der Waals surface area (Å²) in [6, 6.07) is 13.4. The number of hydrogen-bond donors (Lipinski definition) is 2. The van der Waals surface area contributed by atoms with Crippen molar-refractivity contribution in [3.8, 4) is 0 Å². The summed E-state index contributed by atoms with van der Waals surface area (Å²) in [6.07, 6.45) is 2.05. The van der Waals surface area contributed by atoms with Crippen LogP contribution in [0.1, 0.15) is 12.8 Å². The normalized spacial score (nSPS) is 17.0. The van der Waals surface area contributed by atoms with Crippen LogP contribution in [0.15, 0.2) is 53.4 Å². The number of ether oxygens (including phenoxy) is 1. The van der Waals surface area contributed by atoms with Crippen LogP contribution in [0.25, 0.3) is 11.0 Å². The molecule has 7 nitrogen and oxygen atoms in total. The van der Waals surface area contributed by atoms with Gasteiger partial charge in [-0.3, -0.25) is 4.72 Å². The van der Waals surface area contributed by atoms with Crippen molar-refractivity contribution >= 4 is 44.3 Å². The zero-order chi connectivity index (χ0) is 19.6. The number of hydrogen-bond acceptors (Lipinski definition) is 6. The number of sulfonamides is 1. The molecule has 0 spiro atoms. The number of halogens is 1. The van der Waals surface area contributed by atoms with Gasteiger partial charge in [0.1, 0.15) is 0 Å². The van der Waals surface area contributed by atoms with Gasteiger partial charge in [-0.05, 0) is 43.2 Å². The molecule has 1 aromatic heterocycles. The van der Waals surface area contributed by atoms with Crippen LogP contribution < -0.4 is 10.0 Å². The Hall–Kier alpha value is -2.42. The van der Waals surface area contributed by atoms with E-state index >= 15 is 0 Å². The summed E-state index contributed by atoms with van der Waals surface area (Å²) in [5.41, 5.74) is 1.26. The third kappa shape index (κ3) is 4.19. The van der Waals surface area contributed by atoms with Crippen molar-refractivity contribution in [1.82, 2.24) is 9.97 Å². The fourth-order valence-electron chi connectivity index (χ4n) is 3.03. The highest BCUT2D eigenvalue weighted by atomic mass is 35.5. The minimum absolute atomic E-state index is 0.0556. The zero-order valence-corrected chi connectivity index (χ0v) is 16.5. The molecule has 146 valence electrons. The Bertz CT molecular complexity index is 1100. The summed E-state index contributed by atoms with van der Waals surface area (Å²) >= 11 is 5.94. The number of nitrogens with one attached hydrogen (secondary N) is 2. The molecule has 0 saturated carbocycles. The van der Waals surface area contributed by atoms with Crippen LogP contribution in [0.3, 0.4) is 0 Å². The molecule has 0 bridgehead atoms. The second kappa shape index (κ2) is 7.90. The maximum absolute atomic E-state index is 12.8. The minimum Gasteiger partial charge on any atom is -0.376 e. The van der Waals surface area contributed by atoms with E-state index in [0.717, 1.165) is 19.4 Å². The number of aromatic nitrogens is 2. The summed E-state index contributed by atoms with van der Waals surface area (Å²) in [5.74, 6) is 0.497. The summed E-state index contributed by atoms with van der Waals surface area (Å²) in [6.45, 7) is 1.27. The molecule has 3 aromatic rings. The molecule has 9 heteroatoms. The lowest BCUT2D eigenvalue weighted by molar-refractivity contribution is 0.120. The maximum atomic E-state index is 12.8. The first kappa shape index (κ1) is 18.9. The Morgan fingerprint density at radius 1 is 1.07 bits per heavy atom. The molecule has 2 heterocycles. The van der Waals surface area contributed by atoms with Crippen LogP contribution in [0.2, 0.25) is 5.02 Å². The Morgan fingerprint density at radius 3 is 2.50 bits per heavy atom. The van der Waals surface area contributed by atoms with Crippen LogP contribution in [0.5, 0.6) is 0 Å². The fourth-order valence-corrected chi connectivity index (χ4v) is 4.34. The Labute approximate surface area is 168 Å². The number of para-hydroxylation sites is 2. The molecule has 0 amide bonds. The number of rotatable bonds is 6. The third-order valence-corrected chi connectivity index (χ3v) is 6.00. The SMILES string of the molecule is O=S(=O)(Nc1nc2ccccc2nc1NC[C@H]1CCCO1)c1cccc(Cl)c1. The Morgan fingerprint density at radius 2 is 1.82 bits per heavy atom. The molecule has 1 aliphatic rings. The van der Waals surface area contributed by atoms with Crippen LogP contribution in [-0.2, 0) is 14.8 Å². The van der Waals surface area contributed by atoms with Crippen molar-refractivity contribution in [2.45, 2.75) is 23.8 Å². The predicted octanol–water partition coefficient (Wildman–Crippen LogP) is 3.67. The van der Waals surface area contributed by atoms with Gasteiger partial charge in [-0.1, -0.05) is 29.8 Å². The first-order valence-corrected chi connectivity index (χ1v) is 10.8. The number of benzene rings is 2. The van der Waals surface area contributed by atoms with E-state index in [1.807, 2.05) is 18.2 Å². The van der Waals surface area contributed by atoms with Gasteiger partial charge >= 0.3 is 0 Å². The summed E-state index contributed by atoms with van der Waals surface area (Å²) in [7, 11) is -3.87. The van der Waals surface area contributed by atoms with Gasteiger partial charge in [0, 0.05) is 18.2 Å². The lowest BCUT2D eigenvalue weighted by Gasteiger charge is -2.16. The van der Waals surface area contributed by atoms with Crippen molar-refractivity contribution in [1.29, 1.82) is 0 Å². The molecule has 0 radical (unpaired) electrons. The van der Waals surface area contributed by atoms with Crippen LogP contribution in [0.4, 0.5) is 11.6 Å². The van der Waals surface area contributed by atoms with Crippen molar-refractivity contribution in [3.05, 3.63) is 53.6 Å². The van der Waals surface area contributed by atoms with Gasteiger partial charge in [0.2, 0.25) is 0 Å². The summed E-state index contributed by atoms with van der Waals surface area (Å²) in [4.78, 5) is 9.07. The molecule has 4 rings (SSSR count). The number of nitrogens with zero attached hydrogens (tertiary/aromatic N) is 2. The smallest absolute Gasteiger partial charge is 0.263 e. The molecule has 0 unspecified atom stereocenters. The van der Waals surface area contributed by atoms with Gasteiger partial charge < -0.3 is 10.1 Å². The molecule has 1 fully saturated rings. The van der Waals surface area contributed by atoms with E-state index in [1.165, 1.54) is 12.1 Å². The van der Waals surface area contributed by atoms with Crippen molar-refractivity contribution in [2.75, 3.05) is 23.2 Å². The average molecular weight is 419 g/mol. The summed E-state index contributed by atoms with van der Waals surface area (Å²) < 4.78 is 33.8. The van der Waals surface area contributed by atoms with E-state index < -0.39 is 10.0 Å². The molecule has 1 saturated heterocycles. The van der Waals surface area contributed by atoms with Gasteiger partial charge in [0.05, 0.1) is 22.0 Å². The van der Waals surface area contributed by atoms with Gasteiger partial charge in [0.15, 0.2) is 11.6 Å². The second-order valence-electron chi connectivity index (χ2n) is 6.49. The quantitative estimate of drug-likeness (QED) is 0.634. The van der Waals surface area contributed by atoms with Crippen molar-refractivity contribution in [3.63, 3.8) is 0 Å². The first-order valence-electron chi connectivity index (χ1n) is 8.92. The molecule has 2 N–H and O–H groups in total. The van der Waals surface area contributed by atoms with Crippen molar-refractivity contribution in [2.24, 2.45) is 0 Å². The predicted molar refractivity (Wildman–Crippen MR) is 109 cm³/mol. The monoisotopic (exact) mass is 418 g/mol. The standard InChI is InChI=1S/C19H19ClN4O3S/c20-13-5-3-7-15(11-13)28(25,26)24-19-18(21-12-14-6-4-10-27-14)22-16-8-1-2-9-17(16)23-19/h1-3,5,7-9,11,14H,4,6,10,12H2,(H,21,22)(H,23,24)/t14-/m1/s1. The molecule has 1 atom stereocenters. The third-order valence-electron chi connectivity index (χ3n) is 4.43. The largest absolute Gasteiger partial charge is 0.376 e. The summed E-state index contributed by atoms with van der Waals surface area (Å²) in [5, 5.41) is 3.52. The lowest BCUT2D eigenvalue weighted by atomic mass is 10.2. The molecule has 2 aromatic carbocycles. The zero-order valence-electron chi connectivity index (χ0n) is 14.9. The first-order chi connectivity index (χ1) is 13.5. The fraction of sp³-hybridized carbons (Fsp3) is 0.263. The molecular weight excluding hydrogens is 400 g/mol. The van der Waals surface area contributed by atoms with Gasteiger partial charge in [0.25, 0.3) is 10.0 Å². The Kier molecular flexibility index (Phi) is 5.34. The van der Waals surface area contributed by atoms with E-state index in [1.54, 1.807) is 18.2 Å². The van der Waals surface area contributed by atoms with E-state index in [-0.39, 0.29) is 16.8 Å². The van der Waals surface area contributed by atoms with Crippen LogP contribution in [-0.4, -0.2) is 37.6 Å². The van der Waals surface area contributed by atoms with E-state index in [4.69, 9.17) is 16.3 Å². The lowest BCUT2D eigenvalue weighted by Crippen LogP contribution is -2.21. The minimum atomic E-state index is -3.87. The van der Waals surface area contributed by atoms with Crippen LogP contribution in [0, 0.1) is 0 Å².